The monoisotopic (exact) mass is 304 g/mol. The number of ether oxygens (including phenoxy) is 1. The highest BCUT2D eigenvalue weighted by Crippen LogP contribution is 2.23. The lowest BCUT2D eigenvalue weighted by Gasteiger charge is -2.09. The van der Waals surface area contributed by atoms with Crippen molar-refractivity contribution in [2.24, 2.45) is 5.92 Å². The van der Waals surface area contributed by atoms with Crippen molar-refractivity contribution >= 4 is 23.3 Å². The van der Waals surface area contributed by atoms with Crippen molar-refractivity contribution in [2.75, 3.05) is 11.9 Å². The van der Waals surface area contributed by atoms with E-state index >= 15 is 0 Å². The number of benzene rings is 1. The maximum Gasteiger partial charge on any atom is 0.306 e. The molecule has 0 heterocycles. The largest absolute Gasteiger partial charge is 0.456 e. The molecule has 0 unspecified atom stereocenters. The summed E-state index contributed by atoms with van der Waals surface area (Å²) in [6, 6.07) is 5.78. The number of nitro groups is 1. The van der Waals surface area contributed by atoms with Gasteiger partial charge in [-0.15, -0.1) is 0 Å². The number of hydrogen-bond acceptors (Lipinski definition) is 5. The van der Waals surface area contributed by atoms with Gasteiger partial charge < -0.3 is 10.1 Å². The Morgan fingerprint density at radius 1 is 1.36 bits per heavy atom. The number of nitrogens with zero attached hydrogens (tertiary/aromatic N) is 1. The van der Waals surface area contributed by atoms with Gasteiger partial charge >= 0.3 is 5.97 Å². The number of para-hydroxylation sites is 2. The molecule has 1 N–H and O–H groups in total. The highest BCUT2D eigenvalue weighted by molar-refractivity contribution is 5.94. The first-order valence-corrected chi connectivity index (χ1v) is 6.92. The number of carbonyl (C=O) groups excluding carboxylic acids is 2. The molecule has 1 aromatic rings. The van der Waals surface area contributed by atoms with Crippen LogP contribution in [0.3, 0.4) is 0 Å². The number of carbonyl (C=O) groups is 2. The number of hydrogen-bond donors (Lipinski definition) is 1. The minimum atomic E-state index is -0.607. The van der Waals surface area contributed by atoms with E-state index in [9.17, 15) is 19.7 Å². The van der Waals surface area contributed by atoms with Gasteiger partial charge in [-0.25, -0.2) is 0 Å². The molecule has 1 amide bonds. The van der Waals surface area contributed by atoms with Crippen LogP contribution in [0.15, 0.2) is 36.4 Å². The maximum atomic E-state index is 11.7. The molecule has 0 aliphatic heterocycles. The zero-order valence-corrected chi connectivity index (χ0v) is 11.9. The summed E-state index contributed by atoms with van der Waals surface area (Å²) in [6.45, 7) is -0.457. The Hall–Kier alpha value is -2.70. The Balaban J connectivity index is 1.81. The lowest BCUT2D eigenvalue weighted by atomic mass is 10.1. The zero-order chi connectivity index (χ0) is 15.9. The SMILES string of the molecule is O=C(COC(=O)C[C@H]1C=CCC1)Nc1ccccc1[N+](=O)[O-]. The molecule has 0 fully saturated rings. The summed E-state index contributed by atoms with van der Waals surface area (Å²) in [5.74, 6) is -0.885. The van der Waals surface area contributed by atoms with E-state index < -0.39 is 23.4 Å². The van der Waals surface area contributed by atoms with E-state index in [0.717, 1.165) is 12.8 Å². The maximum absolute atomic E-state index is 11.7. The topological polar surface area (TPSA) is 98.5 Å². The molecule has 0 spiro atoms. The Labute approximate surface area is 127 Å². The van der Waals surface area contributed by atoms with E-state index in [1.165, 1.54) is 18.2 Å². The fourth-order valence-electron chi connectivity index (χ4n) is 2.21. The molecule has 22 heavy (non-hydrogen) atoms. The average molecular weight is 304 g/mol. The summed E-state index contributed by atoms with van der Waals surface area (Å²) in [6.07, 6.45) is 6.09. The minimum absolute atomic E-state index is 0.0762. The van der Waals surface area contributed by atoms with Crippen molar-refractivity contribution in [1.29, 1.82) is 0 Å². The third kappa shape index (κ3) is 4.41. The van der Waals surface area contributed by atoms with Gasteiger partial charge in [-0.1, -0.05) is 24.3 Å². The number of allylic oxidation sites excluding steroid dienone is 2. The molecule has 2 rings (SSSR count). The van der Waals surface area contributed by atoms with Gasteiger partial charge in [0.05, 0.1) is 11.3 Å². The second-order valence-electron chi connectivity index (χ2n) is 4.95. The quantitative estimate of drug-likeness (QED) is 0.376. The number of rotatable bonds is 6. The number of nitrogens with one attached hydrogen (secondary N) is 1. The van der Waals surface area contributed by atoms with Gasteiger partial charge in [0.15, 0.2) is 6.61 Å². The van der Waals surface area contributed by atoms with Crippen molar-refractivity contribution in [3.8, 4) is 0 Å². The summed E-state index contributed by atoms with van der Waals surface area (Å²) in [5.41, 5.74) is -0.134. The van der Waals surface area contributed by atoms with E-state index in [2.05, 4.69) is 5.32 Å². The average Bonchev–Trinajstić information content (AvgIpc) is 2.98. The molecule has 1 aromatic carbocycles. The lowest BCUT2D eigenvalue weighted by molar-refractivity contribution is -0.383. The second kappa shape index (κ2) is 7.35. The second-order valence-corrected chi connectivity index (χ2v) is 4.95. The van der Waals surface area contributed by atoms with Gasteiger partial charge in [0.1, 0.15) is 5.69 Å². The number of esters is 1. The fraction of sp³-hybridized carbons (Fsp3) is 0.333. The van der Waals surface area contributed by atoms with Crippen LogP contribution < -0.4 is 5.32 Å². The predicted molar refractivity (Wildman–Crippen MR) is 79.2 cm³/mol. The van der Waals surface area contributed by atoms with Crippen LogP contribution in [0.5, 0.6) is 0 Å². The first kappa shape index (κ1) is 15.7. The Morgan fingerprint density at radius 3 is 2.82 bits per heavy atom. The molecule has 1 aliphatic rings. The summed E-state index contributed by atoms with van der Waals surface area (Å²) >= 11 is 0. The first-order valence-electron chi connectivity index (χ1n) is 6.92. The number of amides is 1. The van der Waals surface area contributed by atoms with Crippen LogP contribution in [0.1, 0.15) is 19.3 Å². The van der Waals surface area contributed by atoms with Crippen molar-refractivity contribution < 1.29 is 19.2 Å². The molecule has 0 bridgehead atoms. The molecule has 1 aliphatic carbocycles. The van der Waals surface area contributed by atoms with Crippen LogP contribution in [-0.2, 0) is 14.3 Å². The molecule has 1 atom stereocenters. The smallest absolute Gasteiger partial charge is 0.306 e. The van der Waals surface area contributed by atoms with Crippen molar-refractivity contribution in [3.63, 3.8) is 0 Å². The van der Waals surface area contributed by atoms with Gasteiger partial charge in [-0.2, -0.15) is 0 Å². The molecule has 7 heteroatoms. The van der Waals surface area contributed by atoms with Gasteiger partial charge in [0, 0.05) is 6.07 Å². The summed E-state index contributed by atoms with van der Waals surface area (Å²) in [4.78, 5) is 33.5. The van der Waals surface area contributed by atoms with Crippen LogP contribution in [0.25, 0.3) is 0 Å². The lowest BCUT2D eigenvalue weighted by Crippen LogP contribution is -2.22. The molecule has 0 radical (unpaired) electrons. The van der Waals surface area contributed by atoms with Crippen molar-refractivity contribution in [1.82, 2.24) is 0 Å². The molecule has 116 valence electrons. The normalized spacial score (nSPS) is 16.3. The van der Waals surface area contributed by atoms with E-state index in [-0.39, 0.29) is 23.7 Å². The highest BCUT2D eigenvalue weighted by atomic mass is 16.6. The molecular formula is C15H16N2O5. The molecule has 0 saturated carbocycles. The zero-order valence-electron chi connectivity index (χ0n) is 11.9. The molecule has 7 nitrogen and oxygen atoms in total. The number of anilines is 1. The Kier molecular flexibility index (Phi) is 5.24. The van der Waals surface area contributed by atoms with Crippen molar-refractivity contribution in [2.45, 2.75) is 19.3 Å². The number of nitro benzene ring substituents is 1. The first-order chi connectivity index (χ1) is 10.6. The van der Waals surface area contributed by atoms with Crippen LogP contribution in [0, 0.1) is 16.0 Å². The fourth-order valence-corrected chi connectivity index (χ4v) is 2.21. The molecule has 0 saturated heterocycles. The van der Waals surface area contributed by atoms with Gasteiger partial charge in [0.25, 0.3) is 11.6 Å². The molecular weight excluding hydrogens is 288 g/mol. The third-order valence-electron chi connectivity index (χ3n) is 3.28. The van der Waals surface area contributed by atoms with E-state index in [0.29, 0.717) is 0 Å². The van der Waals surface area contributed by atoms with Crippen LogP contribution in [0.2, 0.25) is 0 Å². The summed E-state index contributed by atoms with van der Waals surface area (Å²) in [5, 5.41) is 13.2. The Morgan fingerprint density at radius 2 is 2.14 bits per heavy atom. The summed E-state index contributed by atoms with van der Waals surface area (Å²) in [7, 11) is 0. The van der Waals surface area contributed by atoms with Gasteiger partial charge in [-0.05, 0) is 24.8 Å². The molecule has 0 aromatic heterocycles. The minimum Gasteiger partial charge on any atom is -0.456 e. The van der Waals surface area contributed by atoms with E-state index in [1.807, 2.05) is 12.2 Å². The Bertz CT molecular complexity index is 612. The standard InChI is InChI=1S/C15H16N2O5/c18-14(10-22-15(19)9-11-5-1-2-6-11)16-12-7-3-4-8-13(12)17(20)21/h1,3-5,7-8,11H,2,6,9-10H2,(H,16,18)/t11-/m0/s1. The van der Waals surface area contributed by atoms with Gasteiger partial charge in [0.2, 0.25) is 0 Å². The third-order valence-corrected chi connectivity index (χ3v) is 3.28. The van der Waals surface area contributed by atoms with Crippen LogP contribution in [0.4, 0.5) is 11.4 Å². The van der Waals surface area contributed by atoms with Crippen LogP contribution in [-0.4, -0.2) is 23.4 Å². The van der Waals surface area contributed by atoms with E-state index in [1.54, 1.807) is 6.07 Å². The summed E-state index contributed by atoms with van der Waals surface area (Å²) < 4.78 is 4.88. The predicted octanol–water partition coefficient (Wildman–Crippen LogP) is 2.43. The van der Waals surface area contributed by atoms with E-state index in [4.69, 9.17) is 4.74 Å². The van der Waals surface area contributed by atoms with Crippen molar-refractivity contribution in [3.05, 3.63) is 46.5 Å². The van der Waals surface area contributed by atoms with Gasteiger partial charge in [-0.3, -0.25) is 19.7 Å². The highest BCUT2D eigenvalue weighted by Gasteiger charge is 2.18. The van der Waals surface area contributed by atoms with Crippen LogP contribution >= 0.6 is 0 Å².